The second-order valence-corrected chi connectivity index (χ2v) is 7.56. The molecule has 0 radical (unpaired) electrons. The van der Waals surface area contributed by atoms with Crippen LogP contribution < -0.4 is 9.84 Å². The molecule has 0 N–H and O–H groups in total. The minimum absolute atomic E-state index is 0.0343. The Balaban J connectivity index is 2.11. The number of hydrogen-bond acceptors (Lipinski definition) is 6. The van der Waals surface area contributed by atoms with Gasteiger partial charge in [-0.1, -0.05) is 23.2 Å². The van der Waals surface area contributed by atoms with Crippen LogP contribution in [0.1, 0.15) is 37.8 Å². The summed E-state index contributed by atoms with van der Waals surface area (Å²) in [5.41, 5.74) is 1.48. The quantitative estimate of drug-likeness (QED) is 0.690. The van der Waals surface area contributed by atoms with Crippen LogP contribution in [0.15, 0.2) is 12.1 Å². The van der Waals surface area contributed by atoms with Gasteiger partial charge in [0.25, 0.3) is 0 Å². The van der Waals surface area contributed by atoms with Crippen LogP contribution in [0, 0.1) is 5.41 Å². The first kappa shape index (κ1) is 19.7. The molecule has 8 heteroatoms. The fraction of sp³-hybridized carbons (Fsp3) is 0.421. The van der Waals surface area contributed by atoms with E-state index in [1.807, 2.05) is 0 Å². The molecule has 27 heavy (non-hydrogen) atoms. The number of halogens is 2. The van der Waals surface area contributed by atoms with E-state index in [4.69, 9.17) is 32.7 Å². The van der Waals surface area contributed by atoms with Crippen molar-refractivity contribution in [1.82, 2.24) is 0 Å². The molecular formula is C19H17Cl2O6-. The second-order valence-electron chi connectivity index (χ2n) is 6.81. The number of allylic oxidation sites excluding steroid dienone is 1. The zero-order valence-corrected chi connectivity index (χ0v) is 16.3. The maximum Gasteiger partial charge on any atom is 0.302 e. The maximum absolute atomic E-state index is 12.1. The van der Waals surface area contributed by atoms with E-state index in [0.29, 0.717) is 30.4 Å². The first-order valence-corrected chi connectivity index (χ1v) is 9.17. The second kappa shape index (κ2) is 7.17. The van der Waals surface area contributed by atoms with Crippen molar-refractivity contribution < 1.29 is 29.0 Å². The summed E-state index contributed by atoms with van der Waals surface area (Å²) in [4.78, 5) is 34.3. The van der Waals surface area contributed by atoms with E-state index in [1.165, 1.54) is 6.92 Å². The van der Waals surface area contributed by atoms with Crippen LogP contribution >= 0.6 is 23.2 Å². The van der Waals surface area contributed by atoms with E-state index in [1.54, 1.807) is 19.1 Å². The number of hydrogen-bond donors (Lipinski definition) is 0. The van der Waals surface area contributed by atoms with E-state index in [9.17, 15) is 19.5 Å². The zero-order chi connectivity index (χ0) is 19.9. The Morgan fingerprint density at radius 1 is 1.33 bits per heavy atom. The van der Waals surface area contributed by atoms with Gasteiger partial charge >= 0.3 is 5.97 Å². The summed E-state index contributed by atoms with van der Waals surface area (Å²) in [5.74, 6) is -1.70. The zero-order valence-electron chi connectivity index (χ0n) is 14.8. The van der Waals surface area contributed by atoms with Gasteiger partial charge in [-0.2, -0.15) is 0 Å². The fourth-order valence-corrected chi connectivity index (χ4v) is 4.47. The lowest BCUT2D eigenvalue weighted by atomic mass is 9.69. The molecule has 0 bridgehead atoms. The molecule has 1 aromatic carbocycles. The van der Waals surface area contributed by atoms with E-state index < -0.39 is 30.1 Å². The van der Waals surface area contributed by atoms with Gasteiger partial charge in [0.1, 0.15) is 23.5 Å². The first-order chi connectivity index (χ1) is 12.7. The Kier molecular flexibility index (Phi) is 5.23. The summed E-state index contributed by atoms with van der Waals surface area (Å²) in [6.07, 6.45) is 2.37. The molecule has 2 atom stereocenters. The third-order valence-corrected chi connectivity index (χ3v) is 6.01. The van der Waals surface area contributed by atoms with Gasteiger partial charge in [0, 0.05) is 24.3 Å². The third kappa shape index (κ3) is 3.44. The summed E-state index contributed by atoms with van der Waals surface area (Å²) >= 11 is 12.7. The van der Waals surface area contributed by atoms with E-state index >= 15 is 0 Å². The van der Waals surface area contributed by atoms with Gasteiger partial charge < -0.3 is 19.4 Å². The number of carbonyl (C=O) groups is 3. The lowest BCUT2D eigenvalue weighted by Crippen LogP contribution is -2.39. The van der Waals surface area contributed by atoms with Gasteiger partial charge in [-0.3, -0.25) is 9.59 Å². The lowest BCUT2D eigenvalue weighted by Gasteiger charge is -2.38. The van der Waals surface area contributed by atoms with Crippen LogP contribution in [0.3, 0.4) is 0 Å². The van der Waals surface area contributed by atoms with Gasteiger partial charge in [0.05, 0.1) is 11.0 Å². The van der Waals surface area contributed by atoms with E-state index in [-0.39, 0.29) is 21.6 Å². The van der Waals surface area contributed by atoms with Crippen LogP contribution in [-0.2, 0) is 25.5 Å². The van der Waals surface area contributed by atoms with Crippen LogP contribution in [-0.4, -0.2) is 30.4 Å². The predicted molar refractivity (Wildman–Crippen MR) is 96.5 cm³/mol. The molecule has 0 fully saturated rings. The standard InChI is InChI=1S/C19H18Cl2O6/c1-9(27-10(2)22)19-4-3-12(23)6-13(19)16-11(7-19)5-14(17(20)18(16)21)26-8-15(24)25/h5-6,9H,3-4,7-8H2,1-2H3,(H,24,25)/p-1. The highest BCUT2D eigenvalue weighted by molar-refractivity contribution is 6.44. The van der Waals surface area contributed by atoms with E-state index in [0.717, 1.165) is 5.56 Å². The van der Waals surface area contributed by atoms with Crippen molar-refractivity contribution in [2.45, 2.75) is 39.2 Å². The number of esters is 1. The van der Waals surface area contributed by atoms with Crippen molar-refractivity contribution in [3.8, 4) is 5.75 Å². The Morgan fingerprint density at radius 3 is 2.67 bits per heavy atom. The third-order valence-electron chi connectivity index (χ3n) is 5.16. The molecule has 0 saturated carbocycles. The minimum Gasteiger partial charge on any atom is -0.546 e. The monoisotopic (exact) mass is 411 g/mol. The summed E-state index contributed by atoms with van der Waals surface area (Å²) in [5, 5.41) is 10.9. The first-order valence-electron chi connectivity index (χ1n) is 8.42. The smallest absolute Gasteiger partial charge is 0.302 e. The Bertz CT molecular complexity index is 875. The maximum atomic E-state index is 12.1. The molecule has 3 rings (SSSR count). The molecule has 2 aliphatic rings. The molecule has 0 heterocycles. The molecule has 0 amide bonds. The van der Waals surface area contributed by atoms with Crippen molar-refractivity contribution in [2.24, 2.45) is 5.41 Å². The Morgan fingerprint density at radius 2 is 2.04 bits per heavy atom. The SMILES string of the molecule is CC(=O)OC(C)C12CCC(=O)C=C1c1c(cc(OCC(=O)[O-])c(Cl)c1Cl)C2. The van der Waals surface area contributed by atoms with Crippen LogP contribution in [0.2, 0.25) is 10.0 Å². The van der Waals surface area contributed by atoms with Crippen LogP contribution in [0.4, 0.5) is 0 Å². The number of ether oxygens (including phenoxy) is 2. The molecule has 2 unspecified atom stereocenters. The average Bonchev–Trinajstić information content (AvgIpc) is 2.91. The number of carboxylic acids is 1. The molecule has 6 nitrogen and oxygen atoms in total. The Hall–Kier alpha value is -2.05. The number of ketones is 1. The normalized spacial score (nSPS) is 21.8. The number of fused-ring (bicyclic) bond motifs is 3. The van der Waals surface area contributed by atoms with Gasteiger partial charge in [0.2, 0.25) is 0 Å². The summed E-state index contributed by atoms with van der Waals surface area (Å²) in [6, 6.07) is 1.62. The summed E-state index contributed by atoms with van der Waals surface area (Å²) in [7, 11) is 0. The Labute approximate surface area is 166 Å². The molecule has 144 valence electrons. The van der Waals surface area contributed by atoms with Crippen molar-refractivity contribution >= 4 is 46.5 Å². The number of carbonyl (C=O) groups excluding carboxylic acids is 3. The van der Waals surface area contributed by atoms with E-state index in [2.05, 4.69) is 0 Å². The van der Waals surface area contributed by atoms with Crippen molar-refractivity contribution in [3.05, 3.63) is 33.3 Å². The van der Waals surface area contributed by atoms with Crippen LogP contribution in [0.25, 0.3) is 5.57 Å². The molecule has 0 aliphatic heterocycles. The van der Waals surface area contributed by atoms with Gasteiger partial charge in [-0.25, -0.2) is 0 Å². The van der Waals surface area contributed by atoms with Gasteiger partial charge in [-0.05, 0) is 43.0 Å². The highest BCUT2D eigenvalue weighted by Gasteiger charge is 2.50. The molecule has 0 aromatic heterocycles. The van der Waals surface area contributed by atoms with Crippen molar-refractivity contribution in [3.63, 3.8) is 0 Å². The van der Waals surface area contributed by atoms with Gasteiger partial charge in [-0.15, -0.1) is 0 Å². The van der Waals surface area contributed by atoms with Gasteiger partial charge in [0.15, 0.2) is 5.78 Å². The molecule has 0 saturated heterocycles. The summed E-state index contributed by atoms with van der Waals surface area (Å²) in [6.45, 7) is 2.47. The highest BCUT2D eigenvalue weighted by atomic mass is 35.5. The molecule has 0 spiro atoms. The minimum atomic E-state index is -1.38. The fourth-order valence-electron chi connectivity index (χ4n) is 3.96. The molecule has 1 aromatic rings. The number of carboxylic acid groups (broad SMARTS) is 1. The van der Waals surface area contributed by atoms with Crippen LogP contribution in [0.5, 0.6) is 5.75 Å². The highest BCUT2D eigenvalue weighted by Crippen LogP contribution is 2.58. The summed E-state index contributed by atoms with van der Waals surface area (Å²) < 4.78 is 10.6. The number of rotatable bonds is 5. The molecular weight excluding hydrogens is 395 g/mol. The number of benzene rings is 1. The number of aliphatic carboxylic acids is 1. The molecule has 2 aliphatic carbocycles. The van der Waals surface area contributed by atoms with Crippen molar-refractivity contribution in [1.29, 1.82) is 0 Å². The topological polar surface area (TPSA) is 92.7 Å². The van der Waals surface area contributed by atoms with Crippen molar-refractivity contribution in [2.75, 3.05) is 6.61 Å². The lowest BCUT2D eigenvalue weighted by molar-refractivity contribution is -0.307. The largest absolute Gasteiger partial charge is 0.546 e. The average molecular weight is 412 g/mol. The predicted octanol–water partition coefficient (Wildman–Crippen LogP) is 2.36.